The third-order valence-corrected chi connectivity index (χ3v) is 6.75. The standard InChI is InChI=1S/C25H28ClN3O3S/c1-14(2)10-21-22(18-7-4-15(3)20(26)12-18)29-25(33-21)28-13-19(24(31)32)11-16-5-8-17(9-6-16)23(27)30/h4-9,12,14,19H,10-11,13H2,1-3H3,(H2,27,30)(H,28,29)(H,31,32). The second-order valence-corrected chi connectivity index (χ2v) is 10.0. The summed E-state index contributed by atoms with van der Waals surface area (Å²) in [4.78, 5) is 29.0. The molecule has 1 amide bonds. The lowest BCUT2D eigenvalue weighted by Crippen LogP contribution is -2.25. The van der Waals surface area contributed by atoms with Gasteiger partial charge in [-0.05, 0) is 55.0 Å². The molecular formula is C25H28ClN3O3S. The molecule has 0 spiro atoms. The van der Waals surface area contributed by atoms with Crippen LogP contribution in [0.3, 0.4) is 0 Å². The first-order valence-corrected chi connectivity index (χ1v) is 11.9. The summed E-state index contributed by atoms with van der Waals surface area (Å²) in [5, 5.41) is 14.3. The van der Waals surface area contributed by atoms with Crippen molar-refractivity contribution in [1.29, 1.82) is 0 Å². The molecule has 1 aromatic heterocycles. The molecule has 1 heterocycles. The number of nitrogens with one attached hydrogen (secondary N) is 1. The Morgan fingerprint density at radius 3 is 2.42 bits per heavy atom. The first-order chi connectivity index (χ1) is 15.6. The molecule has 0 aliphatic heterocycles. The van der Waals surface area contributed by atoms with Crippen LogP contribution in [0.25, 0.3) is 11.3 Å². The number of primary amides is 1. The Morgan fingerprint density at radius 1 is 1.15 bits per heavy atom. The van der Waals surface area contributed by atoms with Crippen molar-refractivity contribution in [2.75, 3.05) is 11.9 Å². The van der Waals surface area contributed by atoms with Gasteiger partial charge in [0.25, 0.3) is 0 Å². The highest BCUT2D eigenvalue weighted by molar-refractivity contribution is 7.16. The molecule has 0 fully saturated rings. The Morgan fingerprint density at radius 2 is 1.85 bits per heavy atom. The number of rotatable bonds is 10. The minimum atomic E-state index is -0.897. The fourth-order valence-corrected chi connectivity index (χ4v) is 4.83. The van der Waals surface area contributed by atoms with Crippen molar-refractivity contribution < 1.29 is 14.7 Å². The van der Waals surface area contributed by atoms with E-state index in [0.29, 0.717) is 28.1 Å². The number of hydrogen-bond acceptors (Lipinski definition) is 5. The van der Waals surface area contributed by atoms with E-state index >= 15 is 0 Å². The van der Waals surface area contributed by atoms with E-state index in [0.717, 1.165) is 33.7 Å². The van der Waals surface area contributed by atoms with Crippen molar-refractivity contribution >= 4 is 39.9 Å². The van der Waals surface area contributed by atoms with Crippen molar-refractivity contribution in [2.24, 2.45) is 17.6 Å². The molecule has 1 unspecified atom stereocenters. The second-order valence-electron chi connectivity index (χ2n) is 8.53. The quantitative estimate of drug-likeness (QED) is 0.355. The smallest absolute Gasteiger partial charge is 0.308 e. The van der Waals surface area contributed by atoms with Crippen molar-refractivity contribution in [3.05, 3.63) is 69.1 Å². The van der Waals surface area contributed by atoms with Crippen LogP contribution in [0.2, 0.25) is 5.02 Å². The number of carboxylic acids is 1. The summed E-state index contributed by atoms with van der Waals surface area (Å²) in [7, 11) is 0. The molecule has 2 aromatic carbocycles. The molecule has 0 saturated carbocycles. The molecule has 0 saturated heterocycles. The Balaban J connectivity index is 1.77. The minimum absolute atomic E-state index is 0.232. The van der Waals surface area contributed by atoms with Crippen LogP contribution in [0, 0.1) is 18.8 Å². The van der Waals surface area contributed by atoms with Crippen LogP contribution in [0.5, 0.6) is 0 Å². The highest BCUT2D eigenvalue weighted by atomic mass is 35.5. The third kappa shape index (κ3) is 6.55. The maximum atomic E-state index is 11.9. The van der Waals surface area contributed by atoms with E-state index in [1.54, 1.807) is 35.6 Å². The monoisotopic (exact) mass is 485 g/mol. The summed E-state index contributed by atoms with van der Waals surface area (Å²) in [5.41, 5.74) is 9.33. The van der Waals surface area contributed by atoms with Gasteiger partial charge in [0, 0.05) is 27.6 Å². The fraction of sp³-hybridized carbons (Fsp3) is 0.320. The van der Waals surface area contributed by atoms with Crippen molar-refractivity contribution in [2.45, 2.75) is 33.6 Å². The summed E-state index contributed by atoms with van der Waals surface area (Å²) in [6.07, 6.45) is 1.20. The number of carboxylic acid groups (broad SMARTS) is 1. The molecule has 3 aromatic rings. The van der Waals surface area contributed by atoms with Crippen molar-refractivity contribution in [1.82, 2.24) is 4.98 Å². The van der Waals surface area contributed by atoms with E-state index in [4.69, 9.17) is 22.3 Å². The van der Waals surface area contributed by atoms with Gasteiger partial charge in [-0.2, -0.15) is 0 Å². The van der Waals surface area contributed by atoms with E-state index in [1.807, 2.05) is 25.1 Å². The SMILES string of the molecule is Cc1ccc(-c2nc(NCC(Cc3ccc(C(N)=O)cc3)C(=O)O)sc2CC(C)C)cc1Cl. The van der Waals surface area contributed by atoms with Gasteiger partial charge in [-0.25, -0.2) is 4.98 Å². The molecule has 0 aliphatic rings. The molecule has 8 heteroatoms. The summed E-state index contributed by atoms with van der Waals surface area (Å²) < 4.78 is 0. The van der Waals surface area contributed by atoms with Gasteiger partial charge < -0.3 is 16.2 Å². The summed E-state index contributed by atoms with van der Waals surface area (Å²) in [6, 6.07) is 12.6. The van der Waals surface area contributed by atoms with Gasteiger partial charge in [0.2, 0.25) is 5.91 Å². The topological polar surface area (TPSA) is 105 Å². The number of aryl methyl sites for hydroxylation is 1. The number of nitrogens with two attached hydrogens (primary N) is 1. The molecule has 174 valence electrons. The summed E-state index contributed by atoms with van der Waals surface area (Å²) in [6.45, 7) is 6.50. The van der Waals surface area contributed by atoms with Crippen LogP contribution in [0.15, 0.2) is 42.5 Å². The molecule has 1 atom stereocenters. The van der Waals surface area contributed by atoms with Crippen LogP contribution in [0.1, 0.15) is 40.2 Å². The van der Waals surface area contributed by atoms with Gasteiger partial charge in [-0.3, -0.25) is 9.59 Å². The zero-order valence-corrected chi connectivity index (χ0v) is 20.5. The average molecular weight is 486 g/mol. The number of carbonyl (C=O) groups is 2. The number of anilines is 1. The zero-order chi connectivity index (χ0) is 24.1. The number of amides is 1. The van der Waals surface area contributed by atoms with Gasteiger partial charge >= 0.3 is 5.97 Å². The molecule has 0 bridgehead atoms. The lowest BCUT2D eigenvalue weighted by molar-refractivity contribution is -0.141. The molecule has 0 aliphatic carbocycles. The van der Waals surface area contributed by atoms with Crippen LogP contribution in [-0.4, -0.2) is 28.5 Å². The lowest BCUT2D eigenvalue weighted by Gasteiger charge is -2.13. The maximum absolute atomic E-state index is 11.9. The van der Waals surface area contributed by atoms with Crippen molar-refractivity contribution in [3.8, 4) is 11.3 Å². The van der Waals surface area contributed by atoms with Crippen LogP contribution in [-0.2, 0) is 17.6 Å². The minimum Gasteiger partial charge on any atom is -0.481 e. The predicted molar refractivity (Wildman–Crippen MR) is 134 cm³/mol. The number of carbonyl (C=O) groups excluding carboxylic acids is 1. The maximum Gasteiger partial charge on any atom is 0.308 e. The number of halogens is 1. The second kappa shape index (κ2) is 10.8. The van der Waals surface area contributed by atoms with Crippen LogP contribution >= 0.6 is 22.9 Å². The van der Waals surface area contributed by atoms with E-state index < -0.39 is 17.8 Å². The van der Waals surface area contributed by atoms with E-state index in [-0.39, 0.29) is 6.54 Å². The number of aliphatic carboxylic acids is 1. The molecule has 0 radical (unpaired) electrons. The van der Waals surface area contributed by atoms with Crippen LogP contribution < -0.4 is 11.1 Å². The van der Waals surface area contributed by atoms with E-state index in [1.165, 1.54) is 0 Å². The highest BCUT2D eigenvalue weighted by Gasteiger charge is 2.20. The van der Waals surface area contributed by atoms with Gasteiger partial charge in [-0.1, -0.05) is 49.7 Å². The number of thiazole rings is 1. The molecule has 6 nitrogen and oxygen atoms in total. The molecular weight excluding hydrogens is 458 g/mol. The van der Waals surface area contributed by atoms with Gasteiger partial charge in [-0.15, -0.1) is 11.3 Å². The average Bonchev–Trinajstić information content (AvgIpc) is 3.15. The Labute approximate surface area is 202 Å². The van der Waals surface area contributed by atoms with Gasteiger partial charge in [0.1, 0.15) is 0 Å². The number of aromatic nitrogens is 1. The largest absolute Gasteiger partial charge is 0.481 e. The first kappa shape index (κ1) is 24.7. The van der Waals surface area contributed by atoms with Gasteiger partial charge in [0.15, 0.2) is 5.13 Å². The van der Waals surface area contributed by atoms with Crippen LogP contribution in [0.4, 0.5) is 5.13 Å². The Hall–Kier alpha value is -2.90. The van der Waals surface area contributed by atoms with Crippen molar-refractivity contribution in [3.63, 3.8) is 0 Å². The third-order valence-electron chi connectivity index (χ3n) is 5.31. The number of benzene rings is 2. The molecule has 4 N–H and O–H groups in total. The zero-order valence-electron chi connectivity index (χ0n) is 18.9. The lowest BCUT2D eigenvalue weighted by atomic mass is 9.98. The predicted octanol–water partition coefficient (Wildman–Crippen LogP) is 5.42. The molecule has 33 heavy (non-hydrogen) atoms. The number of hydrogen-bond donors (Lipinski definition) is 3. The van der Waals surface area contributed by atoms with E-state index in [9.17, 15) is 14.7 Å². The normalized spacial score (nSPS) is 12.0. The van der Waals surface area contributed by atoms with E-state index in [2.05, 4.69) is 19.2 Å². The summed E-state index contributed by atoms with van der Waals surface area (Å²) in [5.74, 6) is -1.61. The Kier molecular flexibility index (Phi) is 8.10. The number of nitrogens with zero attached hydrogens (tertiary/aromatic N) is 1. The summed E-state index contributed by atoms with van der Waals surface area (Å²) >= 11 is 7.89. The van der Waals surface area contributed by atoms with Gasteiger partial charge in [0.05, 0.1) is 11.6 Å². The Bertz CT molecular complexity index is 1140. The highest BCUT2D eigenvalue weighted by Crippen LogP contribution is 2.35. The fourth-order valence-electron chi connectivity index (χ4n) is 3.45. The first-order valence-electron chi connectivity index (χ1n) is 10.8. The molecule has 3 rings (SSSR count).